The van der Waals surface area contributed by atoms with E-state index in [1.54, 1.807) is 36.1 Å². The second kappa shape index (κ2) is 10.1. The maximum atomic E-state index is 13.2. The highest BCUT2D eigenvalue weighted by molar-refractivity contribution is 7.10. The summed E-state index contributed by atoms with van der Waals surface area (Å²) < 4.78 is 2.57. The molecule has 2 amide bonds. The van der Waals surface area contributed by atoms with Gasteiger partial charge in [0.05, 0.1) is 18.2 Å². The van der Waals surface area contributed by atoms with E-state index in [0.717, 1.165) is 22.7 Å². The fraction of sp³-hybridized carbons (Fsp3) is 0.217. The highest BCUT2D eigenvalue weighted by Gasteiger charge is 2.27. The van der Waals surface area contributed by atoms with Crippen molar-refractivity contribution in [2.24, 2.45) is 21.6 Å². The Kier molecular flexibility index (Phi) is 6.94. The maximum absolute atomic E-state index is 13.2. The van der Waals surface area contributed by atoms with Crippen LogP contribution in [0.2, 0.25) is 0 Å². The normalized spacial score (nSPS) is 13.8. The minimum absolute atomic E-state index is 0.0461. The number of nitrogens with one attached hydrogen (secondary N) is 2. The Morgan fingerprint density at radius 2 is 1.94 bits per heavy atom. The molecule has 0 saturated heterocycles. The van der Waals surface area contributed by atoms with Crippen LogP contribution >= 0.6 is 11.5 Å². The fourth-order valence-electron chi connectivity index (χ4n) is 3.82. The van der Waals surface area contributed by atoms with Crippen molar-refractivity contribution in [3.05, 3.63) is 79.5 Å². The van der Waals surface area contributed by atoms with Gasteiger partial charge in [0.15, 0.2) is 0 Å². The molecular formula is C23H23N7O5S. The molecule has 0 radical (unpaired) electrons. The molecule has 1 unspecified atom stereocenters. The van der Waals surface area contributed by atoms with Crippen LogP contribution in [0.5, 0.6) is 0 Å². The number of benzene rings is 2. The van der Waals surface area contributed by atoms with Gasteiger partial charge >= 0.3 is 0 Å². The molecule has 1 aliphatic rings. The third-order valence-electron chi connectivity index (χ3n) is 5.66. The van der Waals surface area contributed by atoms with Gasteiger partial charge in [-0.2, -0.15) is 0 Å². The quantitative estimate of drug-likeness (QED) is 0.174. The van der Waals surface area contributed by atoms with Gasteiger partial charge in [0.2, 0.25) is 5.91 Å². The van der Waals surface area contributed by atoms with Crippen LogP contribution in [-0.4, -0.2) is 44.7 Å². The van der Waals surface area contributed by atoms with Crippen molar-refractivity contribution in [2.75, 3.05) is 11.9 Å². The molecule has 0 bridgehead atoms. The number of H-pyrrole nitrogens is 1. The zero-order valence-corrected chi connectivity index (χ0v) is 20.0. The lowest BCUT2D eigenvalue weighted by atomic mass is 10.1. The monoisotopic (exact) mass is 509 g/mol. The summed E-state index contributed by atoms with van der Waals surface area (Å²) in [7, 11) is 0. The van der Waals surface area contributed by atoms with Gasteiger partial charge in [0.25, 0.3) is 11.5 Å². The zero-order chi connectivity index (χ0) is 26.0. The molecule has 0 aliphatic carbocycles. The molecule has 12 nitrogen and oxygen atoms in total. The van der Waals surface area contributed by atoms with Crippen LogP contribution in [0.1, 0.15) is 44.3 Å². The Bertz CT molecular complexity index is 1440. The number of nitrogens with zero attached hydrogens (tertiary/aromatic N) is 3. The van der Waals surface area contributed by atoms with Crippen molar-refractivity contribution < 1.29 is 14.7 Å². The van der Waals surface area contributed by atoms with Crippen LogP contribution < -0.4 is 22.3 Å². The van der Waals surface area contributed by atoms with E-state index in [2.05, 4.69) is 19.9 Å². The van der Waals surface area contributed by atoms with Gasteiger partial charge in [0, 0.05) is 24.3 Å². The number of hydrogen-bond donors (Lipinski definition) is 5. The molecule has 2 heterocycles. The van der Waals surface area contributed by atoms with E-state index in [9.17, 15) is 24.4 Å². The Labute approximate surface area is 208 Å². The number of aromatic amines is 1. The molecule has 0 spiro atoms. The van der Waals surface area contributed by atoms with Crippen LogP contribution in [0.4, 0.5) is 16.4 Å². The summed E-state index contributed by atoms with van der Waals surface area (Å²) in [6.07, 6.45) is 0. The van der Waals surface area contributed by atoms with E-state index >= 15 is 0 Å². The number of nitrogens with two attached hydrogens (primary N) is 2. The number of carbonyl (C=O) groups is 2. The summed E-state index contributed by atoms with van der Waals surface area (Å²) in [5.74, 6) is -0.992. The molecule has 7 N–H and O–H groups in total. The number of rotatable bonds is 8. The number of amidine groups is 1. The number of fused-ring (bicyclic) bond motifs is 1. The largest absolute Gasteiger partial charge is 0.394 e. The van der Waals surface area contributed by atoms with E-state index in [1.165, 1.54) is 12.1 Å². The highest BCUT2D eigenvalue weighted by Crippen LogP contribution is 2.31. The number of aliphatic imine (C=N–C) groups is 1. The molecule has 1 aromatic heterocycles. The molecule has 0 saturated carbocycles. The number of hydrogen-bond acceptors (Lipinski definition) is 9. The number of amides is 2. The highest BCUT2D eigenvalue weighted by atomic mass is 32.1. The summed E-state index contributed by atoms with van der Waals surface area (Å²) in [5, 5.41) is 15.6. The number of nitroso groups, excluding NO2 is 1. The number of aromatic nitrogens is 1. The van der Waals surface area contributed by atoms with Gasteiger partial charge in [-0.05, 0) is 65.1 Å². The van der Waals surface area contributed by atoms with Crippen molar-refractivity contribution in [1.82, 2.24) is 9.27 Å². The summed E-state index contributed by atoms with van der Waals surface area (Å²) in [5.41, 5.74) is 13.4. The maximum Gasteiger partial charge on any atom is 0.271 e. The third kappa shape index (κ3) is 4.87. The average Bonchev–Trinajstić information content (AvgIpc) is 3.45. The second-order valence-electron chi connectivity index (χ2n) is 8.24. The second-order valence-corrected chi connectivity index (χ2v) is 9.06. The van der Waals surface area contributed by atoms with Crippen molar-refractivity contribution in [3.63, 3.8) is 0 Å². The third-order valence-corrected chi connectivity index (χ3v) is 6.46. The molecule has 13 heteroatoms. The van der Waals surface area contributed by atoms with Crippen LogP contribution in [0, 0.1) is 4.91 Å². The first-order valence-corrected chi connectivity index (χ1v) is 11.6. The van der Waals surface area contributed by atoms with Gasteiger partial charge in [-0.25, -0.2) is 0 Å². The molecular weight excluding hydrogens is 486 g/mol. The lowest BCUT2D eigenvalue weighted by molar-refractivity contribution is 0.0752. The van der Waals surface area contributed by atoms with E-state index < -0.39 is 23.4 Å². The average molecular weight is 510 g/mol. The van der Waals surface area contributed by atoms with Crippen LogP contribution in [0.15, 0.2) is 51.4 Å². The molecule has 0 fully saturated rings. The number of aliphatic hydroxyl groups is 1. The topological polar surface area (TPSA) is 196 Å². The standard InChI is InChI=1S/C23H23N7O5S/c1-11(10-31)26-19(24)18-21(33)29-36-22(18)27-15-4-5-16(17(7-15)28-35)23(34)30-8-13-3-2-12(20(25)32)6-14(13)9-30/h2-7,11,27,31H,8-10H2,1H3,(H2,24,26)(H2,25,32)(H,29,33). The van der Waals surface area contributed by atoms with E-state index in [0.29, 0.717) is 22.8 Å². The lowest BCUT2D eigenvalue weighted by Gasteiger charge is -2.17. The zero-order valence-electron chi connectivity index (χ0n) is 19.1. The molecule has 2 aromatic carbocycles. The molecule has 36 heavy (non-hydrogen) atoms. The lowest BCUT2D eigenvalue weighted by Crippen LogP contribution is -2.25. The number of anilines is 2. The SMILES string of the molecule is CC(CO)N=C(N)c1c(Nc2ccc(C(=O)N3Cc4ccc(C(N)=O)cc4C3)c(N=O)c2)s[nH]c1=O. The van der Waals surface area contributed by atoms with Crippen LogP contribution in [0.3, 0.4) is 0 Å². The van der Waals surface area contributed by atoms with Crippen molar-refractivity contribution in [2.45, 2.75) is 26.1 Å². The Morgan fingerprint density at radius 1 is 1.19 bits per heavy atom. The van der Waals surface area contributed by atoms with Gasteiger partial charge < -0.3 is 26.8 Å². The van der Waals surface area contributed by atoms with E-state index in [1.807, 2.05) is 0 Å². The minimum Gasteiger partial charge on any atom is -0.394 e. The summed E-state index contributed by atoms with van der Waals surface area (Å²) >= 11 is 0.986. The predicted molar refractivity (Wildman–Crippen MR) is 136 cm³/mol. The van der Waals surface area contributed by atoms with Crippen molar-refractivity contribution >= 4 is 45.6 Å². The first kappa shape index (κ1) is 24.8. The van der Waals surface area contributed by atoms with Gasteiger partial charge in [0.1, 0.15) is 22.1 Å². The molecule has 4 rings (SSSR count). The van der Waals surface area contributed by atoms with Gasteiger partial charge in [-0.15, -0.1) is 4.91 Å². The smallest absolute Gasteiger partial charge is 0.271 e. The number of aliphatic hydroxyl groups excluding tert-OH is 1. The molecule has 1 aliphatic heterocycles. The van der Waals surface area contributed by atoms with Crippen molar-refractivity contribution in [1.29, 1.82) is 0 Å². The number of carbonyl (C=O) groups excluding carboxylic acids is 2. The number of primary amides is 1. The summed E-state index contributed by atoms with van der Waals surface area (Å²) in [6, 6.07) is 8.98. The van der Waals surface area contributed by atoms with Gasteiger partial charge in [-0.3, -0.25) is 23.7 Å². The van der Waals surface area contributed by atoms with Crippen molar-refractivity contribution in [3.8, 4) is 0 Å². The Morgan fingerprint density at radius 3 is 2.64 bits per heavy atom. The summed E-state index contributed by atoms with van der Waals surface area (Å²) in [4.78, 5) is 54.1. The fourth-order valence-corrected chi connectivity index (χ4v) is 4.59. The van der Waals surface area contributed by atoms with Crippen LogP contribution in [-0.2, 0) is 13.1 Å². The van der Waals surface area contributed by atoms with Crippen LogP contribution in [0.25, 0.3) is 0 Å². The molecule has 1 atom stereocenters. The first-order chi connectivity index (χ1) is 17.2. The first-order valence-electron chi connectivity index (χ1n) is 10.8. The predicted octanol–water partition coefficient (Wildman–Crippen LogP) is 1.92. The molecule has 186 valence electrons. The van der Waals surface area contributed by atoms with Gasteiger partial charge in [-0.1, -0.05) is 6.07 Å². The summed E-state index contributed by atoms with van der Waals surface area (Å²) in [6.45, 7) is 1.99. The van der Waals surface area contributed by atoms with E-state index in [-0.39, 0.29) is 35.8 Å². The van der Waals surface area contributed by atoms with E-state index in [4.69, 9.17) is 11.5 Å². The Hall–Kier alpha value is -4.36. The minimum atomic E-state index is -0.551. The molecule has 3 aromatic rings. The Balaban J connectivity index is 1.56.